The van der Waals surface area contributed by atoms with E-state index in [4.69, 9.17) is 11.6 Å². The molecule has 0 aliphatic rings. The summed E-state index contributed by atoms with van der Waals surface area (Å²) in [4.78, 5) is 0. The fourth-order valence-electron chi connectivity index (χ4n) is 1.72. The van der Waals surface area contributed by atoms with E-state index in [2.05, 4.69) is 43.8 Å². The van der Waals surface area contributed by atoms with Gasteiger partial charge in [0.05, 0.1) is 8.80 Å². The first-order chi connectivity index (χ1) is 6.79. The van der Waals surface area contributed by atoms with E-state index in [9.17, 15) is 0 Å². The summed E-state index contributed by atoms with van der Waals surface area (Å²) in [5.41, 5.74) is 0. The SMILES string of the molecule is C=CCC(Cl)[SiH](CC)c1ccccc1. The molecule has 1 aromatic carbocycles. The van der Waals surface area contributed by atoms with Gasteiger partial charge < -0.3 is 0 Å². The zero-order valence-electron chi connectivity index (χ0n) is 8.62. The van der Waals surface area contributed by atoms with Crippen LogP contribution in [0.3, 0.4) is 0 Å². The molecule has 0 saturated heterocycles. The first kappa shape index (κ1) is 11.5. The van der Waals surface area contributed by atoms with E-state index in [0.29, 0.717) is 5.00 Å². The zero-order valence-corrected chi connectivity index (χ0v) is 10.5. The van der Waals surface area contributed by atoms with Gasteiger partial charge in [0.15, 0.2) is 0 Å². The van der Waals surface area contributed by atoms with Gasteiger partial charge in [0, 0.05) is 5.00 Å². The highest BCUT2D eigenvalue weighted by atomic mass is 35.5. The first-order valence-electron chi connectivity index (χ1n) is 5.09. The van der Waals surface area contributed by atoms with Crippen molar-refractivity contribution in [3.63, 3.8) is 0 Å². The van der Waals surface area contributed by atoms with Crippen molar-refractivity contribution in [1.82, 2.24) is 0 Å². The second-order valence-electron chi connectivity index (χ2n) is 3.47. The molecule has 1 rings (SSSR count). The molecule has 0 aliphatic heterocycles. The molecule has 2 unspecified atom stereocenters. The van der Waals surface area contributed by atoms with Crippen LogP contribution in [0.1, 0.15) is 13.3 Å². The average molecular weight is 225 g/mol. The Morgan fingerprint density at radius 1 is 1.43 bits per heavy atom. The lowest BCUT2D eigenvalue weighted by Gasteiger charge is -2.18. The Bertz CT molecular complexity index is 271. The molecule has 14 heavy (non-hydrogen) atoms. The molecule has 0 saturated carbocycles. The molecule has 0 radical (unpaired) electrons. The van der Waals surface area contributed by atoms with Gasteiger partial charge in [-0.05, 0) is 6.42 Å². The van der Waals surface area contributed by atoms with E-state index < -0.39 is 8.80 Å². The zero-order chi connectivity index (χ0) is 10.4. The number of alkyl halides is 1. The maximum absolute atomic E-state index is 6.37. The topological polar surface area (TPSA) is 0 Å². The summed E-state index contributed by atoms with van der Waals surface area (Å²) in [6.07, 6.45) is 2.86. The monoisotopic (exact) mass is 224 g/mol. The fraction of sp³-hybridized carbons (Fsp3) is 0.333. The standard InChI is InChI=1S/C12H17ClSi/c1-3-8-12(13)14(4-2)11-9-6-5-7-10-11/h3,5-7,9-10,12,14H,1,4,8H2,2H3. The molecule has 2 atom stereocenters. The van der Waals surface area contributed by atoms with Crippen LogP contribution in [0.2, 0.25) is 6.04 Å². The van der Waals surface area contributed by atoms with E-state index in [1.165, 1.54) is 11.2 Å². The molecule has 0 heterocycles. The number of rotatable bonds is 5. The van der Waals surface area contributed by atoms with Gasteiger partial charge in [0.25, 0.3) is 0 Å². The molecule has 2 heteroatoms. The molecule has 1 aromatic rings. The Labute approximate surface area is 93.2 Å². The van der Waals surface area contributed by atoms with E-state index in [0.717, 1.165) is 6.42 Å². The van der Waals surface area contributed by atoms with Crippen LogP contribution < -0.4 is 5.19 Å². The Kier molecular flexibility index (Phi) is 4.98. The predicted molar refractivity (Wildman–Crippen MR) is 68.2 cm³/mol. The summed E-state index contributed by atoms with van der Waals surface area (Å²) >= 11 is 6.37. The average Bonchev–Trinajstić information content (AvgIpc) is 2.21. The van der Waals surface area contributed by atoms with E-state index in [-0.39, 0.29) is 0 Å². The third kappa shape index (κ3) is 3.00. The van der Waals surface area contributed by atoms with E-state index in [1.807, 2.05) is 6.08 Å². The van der Waals surface area contributed by atoms with Crippen LogP contribution in [-0.4, -0.2) is 13.8 Å². The van der Waals surface area contributed by atoms with Gasteiger partial charge in [-0.3, -0.25) is 0 Å². The van der Waals surface area contributed by atoms with Crippen LogP contribution in [0.15, 0.2) is 43.0 Å². The molecule has 0 aromatic heterocycles. The highest BCUT2D eigenvalue weighted by Crippen LogP contribution is 2.11. The summed E-state index contributed by atoms with van der Waals surface area (Å²) < 4.78 is 0. The van der Waals surface area contributed by atoms with Crippen LogP contribution >= 0.6 is 11.6 Å². The van der Waals surface area contributed by atoms with Crippen LogP contribution in [0.5, 0.6) is 0 Å². The number of benzene rings is 1. The number of halogens is 1. The van der Waals surface area contributed by atoms with Crippen LogP contribution in [-0.2, 0) is 0 Å². The minimum Gasteiger partial charge on any atom is -0.126 e. The quantitative estimate of drug-likeness (QED) is 0.410. The molecule has 0 nitrogen and oxygen atoms in total. The van der Waals surface area contributed by atoms with Gasteiger partial charge >= 0.3 is 0 Å². The van der Waals surface area contributed by atoms with Gasteiger partial charge in [-0.1, -0.05) is 54.6 Å². The lowest BCUT2D eigenvalue weighted by molar-refractivity contribution is 1.12. The molecule has 76 valence electrons. The molecule has 0 spiro atoms. The normalized spacial score (nSPS) is 14.7. The van der Waals surface area contributed by atoms with Crippen molar-refractivity contribution in [3.05, 3.63) is 43.0 Å². The van der Waals surface area contributed by atoms with Gasteiger partial charge in [-0.2, -0.15) is 0 Å². The Morgan fingerprint density at radius 3 is 2.57 bits per heavy atom. The minimum atomic E-state index is -0.989. The Morgan fingerprint density at radius 2 is 2.07 bits per heavy atom. The van der Waals surface area contributed by atoms with Crippen LogP contribution in [0, 0.1) is 0 Å². The van der Waals surface area contributed by atoms with Gasteiger partial charge in [-0.25, -0.2) is 0 Å². The summed E-state index contributed by atoms with van der Waals surface area (Å²) in [5, 5.41) is 1.77. The molecule has 0 aliphatic carbocycles. The van der Waals surface area contributed by atoms with Crippen molar-refractivity contribution in [1.29, 1.82) is 0 Å². The van der Waals surface area contributed by atoms with E-state index in [1.54, 1.807) is 0 Å². The van der Waals surface area contributed by atoms with Crippen LogP contribution in [0.4, 0.5) is 0 Å². The highest BCUT2D eigenvalue weighted by molar-refractivity contribution is 6.80. The number of allylic oxidation sites excluding steroid dienone is 1. The second kappa shape index (κ2) is 6.05. The molecular weight excluding hydrogens is 208 g/mol. The Hall–Kier alpha value is -0.533. The van der Waals surface area contributed by atoms with E-state index >= 15 is 0 Å². The molecule has 0 N–H and O–H groups in total. The van der Waals surface area contributed by atoms with Crippen molar-refractivity contribution in [3.8, 4) is 0 Å². The van der Waals surface area contributed by atoms with Crippen molar-refractivity contribution in [2.75, 3.05) is 0 Å². The summed E-state index contributed by atoms with van der Waals surface area (Å²) in [6.45, 7) is 5.99. The predicted octanol–water partition coefficient (Wildman–Crippen LogP) is 2.86. The van der Waals surface area contributed by atoms with Crippen molar-refractivity contribution >= 4 is 25.6 Å². The fourth-order valence-corrected chi connectivity index (χ4v) is 5.46. The van der Waals surface area contributed by atoms with Gasteiger partial charge in [0.1, 0.15) is 0 Å². The molecular formula is C12H17ClSi. The van der Waals surface area contributed by atoms with Crippen molar-refractivity contribution in [2.45, 2.75) is 24.4 Å². The maximum Gasteiger partial charge on any atom is 0.0907 e. The third-order valence-corrected chi connectivity index (χ3v) is 6.85. The number of hydrogen-bond donors (Lipinski definition) is 0. The second-order valence-corrected chi connectivity index (χ2v) is 7.95. The number of hydrogen-bond acceptors (Lipinski definition) is 0. The Balaban J connectivity index is 2.76. The minimum absolute atomic E-state index is 0.305. The molecule has 0 bridgehead atoms. The largest absolute Gasteiger partial charge is 0.126 e. The van der Waals surface area contributed by atoms with Crippen molar-refractivity contribution in [2.24, 2.45) is 0 Å². The van der Waals surface area contributed by atoms with Gasteiger partial charge in [0.2, 0.25) is 0 Å². The summed E-state index contributed by atoms with van der Waals surface area (Å²) in [6, 6.07) is 11.9. The maximum atomic E-state index is 6.37. The molecule has 0 fully saturated rings. The highest BCUT2D eigenvalue weighted by Gasteiger charge is 2.19. The van der Waals surface area contributed by atoms with Gasteiger partial charge in [-0.15, -0.1) is 18.2 Å². The van der Waals surface area contributed by atoms with Crippen molar-refractivity contribution < 1.29 is 0 Å². The lowest BCUT2D eigenvalue weighted by Crippen LogP contribution is -2.38. The molecule has 0 amide bonds. The summed E-state index contributed by atoms with van der Waals surface area (Å²) in [7, 11) is -0.989. The third-order valence-electron chi connectivity index (χ3n) is 2.50. The van der Waals surface area contributed by atoms with Crippen LogP contribution in [0.25, 0.3) is 0 Å². The smallest absolute Gasteiger partial charge is 0.0907 e. The first-order valence-corrected chi connectivity index (χ1v) is 7.59. The summed E-state index contributed by atoms with van der Waals surface area (Å²) in [5.74, 6) is 0. The lowest BCUT2D eigenvalue weighted by atomic mass is 10.4.